The lowest BCUT2D eigenvalue weighted by Crippen LogP contribution is -2.01. The summed E-state index contributed by atoms with van der Waals surface area (Å²) in [6, 6.07) is 12.7. The minimum Gasteiger partial charge on any atom is -0.497 e. The van der Waals surface area contributed by atoms with E-state index in [0.717, 1.165) is 22.3 Å². The van der Waals surface area contributed by atoms with Crippen molar-refractivity contribution < 1.29 is 19.1 Å². The first-order valence-electron chi connectivity index (χ1n) is 8.20. The number of ether oxygens (including phenoxy) is 1. The third kappa shape index (κ3) is 2.49. The van der Waals surface area contributed by atoms with E-state index in [9.17, 15) is 9.90 Å². The van der Waals surface area contributed by atoms with Gasteiger partial charge < -0.3 is 14.3 Å². The minimum atomic E-state index is -0.986. The van der Waals surface area contributed by atoms with Crippen LogP contribution in [-0.4, -0.2) is 23.2 Å². The summed E-state index contributed by atoms with van der Waals surface area (Å²) < 4.78 is 11.1. The Morgan fingerprint density at radius 2 is 1.92 bits per heavy atom. The Bertz CT molecular complexity index is 1170. The quantitative estimate of drug-likeness (QED) is 0.566. The molecule has 0 amide bonds. The number of aromatic carboxylic acids is 1. The molecule has 5 heteroatoms. The highest BCUT2D eigenvalue weighted by molar-refractivity contribution is 6.04. The van der Waals surface area contributed by atoms with E-state index in [-0.39, 0.29) is 5.56 Å². The van der Waals surface area contributed by atoms with Crippen LogP contribution in [0.2, 0.25) is 0 Å². The van der Waals surface area contributed by atoms with Crippen molar-refractivity contribution in [3.63, 3.8) is 0 Å². The van der Waals surface area contributed by atoms with Gasteiger partial charge in [0, 0.05) is 10.8 Å². The van der Waals surface area contributed by atoms with Gasteiger partial charge in [0.1, 0.15) is 17.0 Å². The van der Waals surface area contributed by atoms with E-state index in [0.29, 0.717) is 27.9 Å². The molecule has 1 N–H and O–H groups in total. The van der Waals surface area contributed by atoms with Crippen LogP contribution >= 0.6 is 0 Å². The van der Waals surface area contributed by atoms with Crippen molar-refractivity contribution in [2.45, 2.75) is 13.8 Å². The number of nitrogens with zero attached hydrogens (tertiary/aromatic N) is 1. The molecule has 5 nitrogen and oxygen atoms in total. The fourth-order valence-electron chi connectivity index (χ4n) is 3.11. The first-order valence-corrected chi connectivity index (χ1v) is 8.20. The van der Waals surface area contributed by atoms with Gasteiger partial charge in [0.15, 0.2) is 5.76 Å². The number of carbonyl (C=O) groups is 1. The molecular formula is C21H17NO4. The maximum atomic E-state index is 11.8. The summed E-state index contributed by atoms with van der Waals surface area (Å²) in [5.41, 5.74) is 4.11. The molecular weight excluding hydrogens is 330 g/mol. The van der Waals surface area contributed by atoms with Crippen molar-refractivity contribution in [2.24, 2.45) is 0 Å². The Kier molecular flexibility index (Phi) is 3.65. The van der Waals surface area contributed by atoms with Crippen LogP contribution in [0, 0.1) is 13.8 Å². The Balaban J connectivity index is 1.99. The second-order valence-electron chi connectivity index (χ2n) is 6.28. The van der Waals surface area contributed by atoms with Gasteiger partial charge in [-0.3, -0.25) is 0 Å². The average molecular weight is 347 g/mol. The Hall–Kier alpha value is -3.34. The van der Waals surface area contributed by atoms with Gasteiger partial charge in [0.25, 0.3) is 0 Å². The molecule has 0 saturated heterocycles. The first kappa shape index (κ1) is 16.1. The van der Waals surface area contributed by atoms with Crippen LogP contribution in [0.25, 0.3) is 33.3 Å². The fraction of sp³-hybridized carbons (Fsp3) is 0.143. The van der Waals surface area contributed by atoms with Crippen molar-refractivity contribution >= 4 is 27.8 Å². The van der Waals surface area contributed by atoms with E-state index in [4.69, 9.17) is 14.1 Å². The molecule has 26 heavy (non-hydrogen) atoms. The lowest BCUT2D eigenvalue weighted by molar-refractivity contribution is 0.0699. The van der Waals surface area contributed by atoms with Gasteiger partial charge in [-0.1, -0.05) is 12.1 Å². The number of pyridine rings is 1. The van der Waals surface area contributed by atoms with Gasteiger partial charge in [-0.25, -0.2) is 9.78 Å². The molecule has 2 aromatic carbocycles. The Morgan fingerprint density at radius 1 is 1.12 bits per heavy atom. The second-order valence-corrected chi connectivity index (χ2v) is 6.28. The Labute approximate surface area is 149 Å². The molecule has 0 unspecified atom stereocenters. The SMILES string of the molecule is COc1ccc2oc(-c3cc(C(=O)O)c4ccc(C)c(C)c4n3)cc2c1. The number of aryl methyl sites for hydroxylation is 2. The number of carboxylic acid groups (broad SMARTS) is 1. The molecule has 0 aliphatic rings. The normalized spacial score (nSPS) is 11.2. The number of benzene rings is 2. The number of hydrogen-bond donors (Lipinski definition) is 1. The highest BCUT2D eigenvalue weighted by atomic mass is 16.5. The molecule has 0 aliphatic heterocycles. The number of aromatic nitrogens is 1. The fourth-order valence-corrected chi connectivity index (χ4v) is 3.11. The van der Waals surface area contributed by atoms with E-state index >= 15 is 0 Å². The molecule has 2 aromatic heterocycles. The van der Waals surface area contributed by atoms with E-state index in [2.05, 4.69) is 0 Å². The summed E-state index contributed by atoms with van der Waals surface area (Å²) in [5.74, 6) is 0.271. The molecule has 4 aromatic rings. The second kappa shape index (κ2) is 5.88. The lowest BCUT2D eigenvalue weighted by atomic mass is 10.0. The van der Waals surface area contributed by atoms with Gasteiger partial charge in [-0.15, -0.1) is 0 Å². The molecule has 0 radical (unpaired) electrons. The third-order valence-corrected chi connectivity index (χ3v) is 4.71. The summed E-state index contributed by atoms with van der Waals surface area (Å²) >= 11 is 0. The predicted octanol–water partition coefficient (Wildman–Crippen LogP) is 4.97. The van der Waals surface area contributed by atoms with Crippen LogP contribution in [0.5, 0.6) is 5.75 Å². The molecule has 0 atom stereocenters. The number of hydrogen-bond acceptors (Lipinski definition) is 4. The average Bonchev–Trinajstić information content (AvgIpc) is 3.07. The highest BCUT2D eigenvalue weighted by Crippen LogP contribution is 2.32. The van der Waals surface area contributed by atoms with Crippen molar-refractivity contribution in [1.29, 1.82) is 0 Å². The molecule has 0 bridgehead atoms. The van der Waals surface area contributed by atoms with Gasteiger partial charge in [-0.05, 0) is 55.3 Å². The van der Waals surface area contributed by atoms with Gasteiger partial charge in [0.2, 0.25) is 0 Å². The van der Waals surface area contributed by atoms with E-state index in [1.54, 1.807) is 19.2 Å². The van der Waals surface area contributed by atoms with Gasteiger partial charge in [0.05, 0.1) is 18.2 Å². The lowest BCUT2D eigenvalue weighted by Gasteiger charge is -2.09. The van der Waals surface area contributed by atoms with Crippen LogP contribution in [0.1, 0.15) is 21.5 Å². The van der Waals surface area contributed by atoms with Crippen LogP contribution in [-0.2, 0) is 0 Å². The van der Waals surface area contributed by atoms with Crippen LogP contribution < -0.4 is 4.74 Å². The predicted molar refractivity (Wildman–Crippen MR) is 99.9 cm³/mol. The first-order chi connectivity index (χ1) is 12.5. The maximum absolute atomic E-state index is 11.8. The van der Waals surface area contributed by atoms with Crippen molar-refractivity contribution in [2.75, 3.05) is 7.11 Å². The van der Waals surface area contributed by atoms with E-state index in [1.165, 1.54) is 0 Å². The minimum absolute atomic E-state index is 0.214. The maximum Gasteiger partial charge on any atom is 0.336 e. The molecule has 130 valence electrons. The molecule has 4 rings (SSSR count). The van der Waals surface area contributed by atoms with Crippen LogP contribution in [0.15, 0.2) is 46.9 Å². The van der Waals surface area contributed by atoms with Crippen LogP contribution in [0.3, 0.4) is 0 Å². The zero-order chi connectivity index (χ0) is 18.4. The summed E-state index contributed by atoms with van der Waals surface area (Å²) in [6.07, 6.45) is 0. The smallest absolute Gasteiger partial charge is 0.336 e. The number of methoxy groups -OCH3 is 1. The number of furan rings is 1. The van der Waals surface area contributed by atoms with Gasteiger partial charge in [-0.2, -0.15) is 0 Å². The largest absolute Gasteiger partial charge is 0.497 e. The van der Waals surface area contributed by atoms with Crippen molar-refractivity contribution in [1.82, 2.24) is 4.98 Å². The summed E-state index contributed by atoms with van der Waals surface area (Å²) in [5, 5.41) is 11.1. The number of carboxylic acids is 1. The van der Waals surface area contributed by atoms with Crippen molar-refractivity contribution in [3.05, 3.63) is 59.2 Å². The number of fused-ring (bicyclic) bond motifs is 2. The topological polar surface area (TPSA) is 72.6 Å². The monoisotopic (exact) mass is 347 g/mol. The van der Waals surface area contributed by atoms with Crippen molar-refractivity contribution in [3.8, 4) is 17.2 Å². The Morgan fingerprint density at radius 3 is 2.65 bits per heavy atom. The third-order valence-electron chi connectivity index (χ3n) is 4.71. The molecule has 0 fully saturated rings. The molecule has 0 spiro atoms. The van der Waals surface area contributed by atoms with Crippen LogP contribution in [0.4, 0.5) is 0 Å². The zero-order valence-corrected chi connectivity index (χ0v) is 14.7. The van der Waals surface area contributed by atoms with E-state index < -0.39 is 5.97 Å². The molecule has 0 saturated carbocycles. The van der Waals surface area contributed by atoms with Gasteiger partial charge >= 0.3 is 5.97 Å². The summed E-state index contributed by atoms with van der Waals surface area (Å²) in [4.78, 5) is 16.5. The number of rotatable bonds is 3. The molecule has 0 aliphatic carbocycles. The summed E-state index contributed by atoms with van der Waals surface area (Å²) in [6.45, 7) is 3.93. The van der Waals surface area contributed by atoms with E-state index in [1.807, 2.05) is 44.2 Å². The summed E-state index contributed by atoms with van der Waals surface area (Å²) in [7, 11) is 1.61. The zero-order valence-electron chi connectivity index (χ0n) is 14.7. The molecule has 2 heterocycles. The standard InChI is InChI=1S/C21H17NO4/c1-11-4-6-15-16(21(23)24)10-17(22-20(15)12(11)2)19-9-13-8-14(25-3)5-7-18(13)26-19/h4-10H,1-3H3,(H,23,24). The highest BCUT2D eigenvalue weighted by Gasteiger charge is 2.17.